The van der Waals surface area contributed by atoms with Gasteiger partial charge in [0.15, 0.2) is 0 Å². The lowest BCUT2D eigenvalue weighted by atomic mass is 10.8. The van der Waals surface area contributed by atoms with E-state index in [1.54, 1.807) is 0 Å². The topological polar surface area (TPSA) is 157 Å². The summed E-state index contributed by atoms with van der Waals surface area (Å²) in [7, 11) is 0. The highest BCUT2D eigenvalue weighted by atomic mass is 15.3. The highest BCUT2D eigenvalue weighted by Gasteiger charge is 1.82. The van der Waals surface area contributed by atoms with Crippen molar-refractivity contribution in [2.45, 2.75) is 0 Å². The summed E-state index contributed by atoms with van der Waals surface area (Å²) in [5.41, 5.74) is 20.0. The zero-order chi connectivity index (χ0) is 9.40. The molecule has 10 N–H and O–H groups in total. The lowest BCUT2D eigenvalue weighted by Crippen LogP contribution is -2.70. The third kappa shape index (κ3) is 7.88. The van der Waals surface area contributed by atoms with Gasteiger partial charge in [-0.05, 0) is 0 Å². The summed E-state index contributed by atoms with van der Waals surface area (Å²) in [6.07, 6.45) is 2.82. The Kier molecular flexibility index (Phi) is 4.65. The van der Waals surface area contributed by atoms with Crippen molar-refractivity contribution in [1.82, 2.24) is 0 Å². The van der Waals surface area contributed by atoms with Crippen molar-refractivity contribution in [3.05, 3.63) is 0 Å². The minimum Gasteiger partial charge on any atom is -0.365 e. The molecular weight excluding hydrogens is 160 g/mol. The number of nitrogens with zero attached hydrogens (tertiary/aromatic N) is 2. The Morgan fingerprint density at radius 2 is 1.17 bits per heavy atom. The number of nitrogens with two attached hydrogens (primary N) is 4. The summed E-state index contributed by atoms with van der Waals surface area (Å²) in [5.74, 6) is -0.136. The fourth-order valence-corrected chi connectivity index (χ4v) is 0.298. The van der Waals surface area contributed by atoms with E-state index in [-0.39, 0.29) is 11.9 Å². The fourth-order valence-electron chi connectivity index (χ4n) is 0.298. The summed E-state index contributed by atoms with van der Waals surface area (Å²) < 4.78 is 0. The number of rotatable bonds is 3. The second-order valence-electron chi connectivity index (χ2n) is 1.66. The largest absolute Gasteiger partial charge is 0.365 e. The number of nitrogens with one attached hydrogen (secondary N) is 2. The molecule has 0 radical (unpaired) electrons. The second kappa shape index (κ2) is 5.65. The van der Waals surface area contributed by atoms with Crippen molar-refractivity contribution in [2.24, 2.45) is 33.1 Å². The van der Waals surface area contributed by atoms with Crippen molar-refractivity contribution in [1.29, 1.82) is 0 Å². The van der Waals surface area contributed by atoms with E-state index < -0.39 is 0 Å². The average Bonchev–Trinajstić information content (AvgIpc) is 1.95. The van der Waals surface area contributed by atoms with Crippen molar-refractivity contribution >= 4 is 24.3 Å². The molecule has 0 aliphatic rings. The normalized spacial score (nSPS) is 10.3. The van der Waals surface area contributed by atoms with Crippen LogP contribution in [0.5, 0.6) is 0 Å². The van der Waals surface area contributed by atoms with Gasteiger partial charge >= 0.3 is 0 Å². The van der Waals surface area contributed by atoms with Gasteiger partial charge in [0.1, 0.15) is 0 Å². The number of hydrogen-bond acceptors (Lipinski definition) is 2. The van der Waals surface area contributed by atoms with Gasteiger partial charge < -0.3 is 22.9 Å². The molecule has 8 heteroatoms. The third-order valence-corrected chi connectivity index (χ3v) is 0.620. The molecule has 0 spiro atoms. The predicted octanol–water partition coefficient (Wildman–Crippen LogP) is -6.33. The molecular formula is C4H12N8+2. The first-order valence-corrected chi connectivity index (χ1v) is 2.96. The van der Waals surface area contributed by atoms with Crippen LogP contribution in [0, 0.1) is 0 Å². The quantitative estimate of drug-likeness (QED) is 0.142. The average molecular weight is 172 g/mol. The van der Waals surface area contributed by atoms with E-state index in [0.717, 1.165) is 0 Å². The van der Waals surface area contributed by atoms with E-state index in [1.807, 2.05) is 0 Å². The molecule has 0 aliphatic carbocycles. The molecule has 8 nitrogen and oxygen atoms in total. The Labute approximate surface area is 68.7 Å². The van der Waals surface area contributed by atoms with E-state index in [2.05, 4.69) is 20.4 Å². The molecule has 0 unspecified atom stereocenters. The summed E-state index contributed by atoms with van der Waals surface area (Å²) in [6, 6.07) is 0. The molecule has 0 amide bonds. The van der Waals surface area contributed by atoms with Gasteiger partial charge in [-0.1, -0.05) is 10.2 Å². The molecule has 0 aliphatic heterocycles. The lowest BCUT2D eigenvalue weighted by Gasteiger charge is -1.74. The lowest BCUT2D eigenvalue weighted by molar-refractivity contribution is -0.470. The SMILES string of the molecule is NC(N)=N[NH+]=CC=[NH+]N=C(N)N. The maximum atomic E-state index is 5.00. The van der Waals surface area contributed by atoms with Gasteiger partial charge in [0.2, 0.25) is 0 Å². The molecule has 0 saturated heterocycles. The van der Waals surface area contributed by atoms with Crippen LogP contribution in [0.15, 0.2) is 10.2 Å². The first kappa shape index (κ1) is 9.88. The molecule has 12 heavy (non-hydrogen) atoms. The summed E-state index contributed by atoms with van der Waals surface area (Å²) in [6.45, 7) is 0. The minimum atomic E-state index is -0.0681. The number of hydrogen-bond donors (Lipinski definition) is 6. The third-order valence-electron chi connectivity index (χ3n) is 0.620. The van der Waals surface area contributed by atoms with Gasteiger partial charge in [-0.15, -0.1) is 0 Å². The van der Waals surface area contributed by atoms with Crippen molar-refractivity contribution < 1.29 is 10.2 Å². The summed E-state index contributed by atoms with van der Waals surface area (Å²) >= 11 is 0. The van der Waals surface area contributed by atoms with Crippen molar-refractivity contribution in [2.75, 3.05) is 0 Å². The predicted molar refractivity (Wildman–Crippen MR) is 45.7 cm³/mol. The van der Waals surface area contributed by atoms with Crippen LogP contribution in [-0.4, -0.2) is 24.3 Å². The molecule has 0 fully saturated rings. The van der Waals surface area contributed by atoms with Crippen LogP contribution in [0.2, 0.25) is 0 Å². The maximum Gasteiger partial charge on any atom is 0.259 e. The van der Waals surface area contributed by atoms with Crippen LogP contribution in [0.1, 0.15) is 0 Å². The maximum absolute atomic E-state index is 5.00. The zero-order valence-corrected chi connectivity index (χ0v) is 6.36. The smallest absolute Gasteiger partial charge is 0.259 e. The van der Waals surface area contributed by atoms with Crippen LogP contribution < -0.4 is 33.1 Å². The minimum absolute atomic E-state index is 0.0681. The molecule has 0 heterocycles. The Hall–Kier alpha value is -2.12. The molecule has 0 bridgehead atoms. The van der Waals surface area contributed by atoms with Crippen molar-refractivity contribution in [3.63, 3.8) is 0 Å². The van der Waals surface area contributed by atoms with Gasteiger partial charge in [-0.25, -0.2) is 0 Å². The molecule has 0 aromatic rings. The van der Waals surface area contributed by atoms with Crippen LogP contribution in [-0.2, 0) is 0 Å². The molecule has 0 saturated carbocycles. The number of hydrazone groups is 2. The number of guanidine groups is 2. The van der Waals surface area contributed by atoms with Crippen LogP contribution in [0.3, 0.4) is 0 Å². The molecule has 0 aromatic heterocycles. The highest BCUT2D eigenvalue weighted by Crippen LogP contribution is 1.31. The van der Waals surface area contributed by atoms with Gasteiger partial charge in [0, 0.05) is 10.2 Å². The van der Waals surface area contributed by atoms with Gasteiger partial charge in [0.25, 0.3) is 24.3 Å². The summed E-state index contributed by atoms with van der Waals surface area (Å²) in [4.78, 5) is 0. The highest BCUT2D eigenvalue weighted by molar-refractivity contribution is 6.10. The van der Waals surface area contributed by atoms with Crippen LogP contribution in [0.4, 0.5) is 0 Å². The first-order valence-electron chi connectivity index (χ1n) is 2.96. The van der Waals surface area contributed by atoms with Gasteiger partial charge in [-0.3, -0.25) is 0 Å². The van der Waals surface area contributed by atoms with Gasteiger partial charge in [-0.2, -0.15) is 0 Å². The standard InChI is InChI=1S/C4H10N8/c5-3(6)11-9-1-2-10-12-4(7)8/h1-2H,(H4,5,6,11)(H4,7,8,12)/p+2. The van der Waals surface area contributed by atoms with Crippen LogP contribution >= 0.6 is 0 Å². The van der Waals surface area contributed by atoms with E-state index >= 15 is 0 Å². The molecule has 66 valence electrons. The molecule has 0 atom stereocenters. The van der Waals surface area contributed by atoms with E-state index in [1.165, 1.54) is 12.4 Å². The zero-order valence-electron chi connectivity index (χ0n) is 6.36. The van der Waals surface area contributed by atoms with E-state index in [4.69, 9.17) is 22.9 Å². The van der Waals surface area contributed by atoms with E-state index in [9.17, 15) is 0 Å². The molecule has 0 aromatic carbocycles. The Balaban J connectivity index is 3.83. The fraction of sp³-hybridized carbons (Fsp3) is 0. The Morgan fingerprint density at radius 1 is 0.833 bits per heavy atom. The first-order chi connectivity index (χ1) is 5.63. The second-order valence-corrected chi connectivity index (χ2v) is 1.66. The Morgan fingerprint density at radius 3 is 1.42 bits per heavy atom. The van der Waals surface area contributed by atoms with E-state index in [0.29, 0.717) is 0 Å². The van der Waals surface area contributed by atoms with Gasteiger partial charge in [0.05, 0.1) is 0 Å². The summed E-state index contributed by atoms with van der Waals surface area (Å²) in [5, 5.41) is 11.7. The molecule has 0 rings (SSSR count). The van der Waals surface area contributed by atoms with Crippen molar-refractivity contribution in [3.8, 4) is 0 Å². The monoisotopic (exact) mass is 172 g/mol. The Bertz CT molecular complexity index is 201. The van der Waals surface area contributed by atoms with Crippen LogP contribution in [0.25, 0.3) is 0 Å².